The molecule has 2 N–H and O–H groups in total. The molecule has 0 unspecified atom stereocenters. The van der Waals surface area contributed by atoms with E-state index in [0.717, 1.165) is 81.7 Å². The fourth-order valence-electron chi connectivity index (χ4n) is 7.69. The van der Waals surface area contributed by atoms with Crippen molar-refractivity contribution in [3.63, 3.8) is 0 Å². The van der Waals surface area contributed by atoms with Gasteiger partial charge in [-0.1, -0.05) is 36.4 Å². The van der Waals surface area contributed by atoms with Gasteiger partial charge in [0.2, 0.25) is 0 Å². The molecule has 10 heteroatoms. The lowest BCUT2D eigenvalue weighted by Crippen LogP contribution is -2.31. The number of H-pyrrole nitrogens is 2. The summed E-state index contributed by atoms with van der Waals surface area (Å²) in [4.78, 5) is 46.9. The summed E-state index contributed by atoms with van der Waals surface area (Å²) in [5, 5.41) is 0. The first-order valence-corrected chi connectivity index (χ1v) is 17.6. The van der Waals surface area contributed by atoms with E-state index in [2.05, 4.69) is 58.5 Å². The highest BCUT2D eigenvalue weighted by Crippen LogP contribution is 2.36. The number of nitrogens with zero attached hydrogens (tertiary/aromatic N) is 4. The normalized spacial score (nSPS) is 17.4. The van der Waals surface area contributed by atoms with Crippen LogP contribution in [0.2, 0.25) is 0 Å². The molecule has 2 saturated heterocycles. The number of nitrogens with one attached hydrogen (secondary N) is 2. The van der Waals surface area contributed by atoms with Crippen LogP contribution < -0.4 is 0 Å². The topological polar surface area (TPSA) is 98.0 Å². The largest absolute Gasteiger partial charge is 0.340 e. The van der Waals surface area contributed by atoms with Gasteiger partial charge in [0.15, 0.2) is 0 Å². The first-order chi connectivity index (χ1) is 25.4. The van der Waals surface area contributed by atoms with Gasteiger partial charge < -0.3 is 19.8 Å². The number of hydrogen-bond donors (Lipinski definition) is 2. The van der Waals surface area contributed by atoms with Crippen molar-refractivity contribution in [3.8, 4) is 22.3 Å². The molecule has 4 heterocycles. The predicted molar refractivity (Wildman–Crippen MR) is 195 cm³/mol. The number of carbonyl (C=O) groups is 2. The Hall–Kier alpha value is -6.16. The molecule has 0 aliphatic carbocycles. The number of hydrogen-bond acceptors (Lipinski definition) is 4. The predicted octanol–water partition coefficient (Wildman–Crippen LogP) is 9.01. The number of likely N-dealkylation sites (tertiary alicyclic amines) is 2. The summed E-state index contributed by atoms with van der Waals surface area (Å²) in [6, 6.07) is 31.8. The zero-order chi connectivity index (χ0) is 35.3. The number of carbonyl (C=O) groups excluding carboxylic acids is 2. The molecule has 7 aromatic rings. The molecule has 52 heavy (non-hydrogen) atoms. The van der Waals surface area contributed by atoms with Crippen LogP contribution in [0.5, 0.6) is 0 Å². The summed E-state index contributed by atoms with van der Waals surface area (Å²) < 4.78 is 26.9. The van der Waals surface area contributed by atoms with Gasteiger partial charge in [0, 0.05) is 24.2 Å². The van der Waals surface area contributed by atoms with Crippen LogP contribution in [-0.2, 0) is 0 Å². The van der Waals surface area contributed by atoms with Gasteiger partial charge >= 0.3 is 0 Å². The highest BCUT2D eigenvalue weighted by molar-refractivity contribution is 5.95. The molecule has 2 aliphatic rings. The number of fused-ring (bicyclic) bond motifs is 2. The Kier molecular flexibility index (Phi) is 7.87. The fourth-order valence-corrected chi connectivity index (χ4v) is 7.69. The van der Waals surface area contributed by atoms with Crippen molar-refractivity contribution in [2.24, 2.45) is 0 Å². The molecule has 0 bridgehead atoms. The smallest absolute Gasteiger partial charge is 0.254 e. The van der Waals surface area contributed by atoms with Crippen molar-refractivity contribution in [2.45, 2.75) is 37.8 Å². The van der Waals surface area contributed by atoms with E-state index < -0.39 is 0 Å². The van der Waals surface area contributed by atoms with Crippen LogP contribution in [0.3, 0.4) is 0 Å². The lowest BCUT2D eigenvalue weighted by molar-refractivity contribution is 0.0723. The van der Waals surface area contributed by atoms with Crippen LogP contribution in [0.1, 0.15) is 70.1 Å². The zero-order valence-electron chi connectivity index (χ0n) is 28.2. The Morgan fingerprint density at radius 1 is 0.538 bits per heavy atom. The van der Waals surface area contributed by atoms with Crippen LogP contribution >= 0.6 is 0 Å². The maximum absolute atomic E-state index is 13.5. The average Bonchev–Trinajstić information content (AvgIpc) is 4.00. The molecule has 2 aliphatic heterocycles. The van der Waals surface area contributed by atoms with Crippen LogP contribution in [-0.4, -0.2) is 54.6 Å². The minimum Gasteiger partial charge on any atom is -0.340 e. The monoisotopic (exact) mass is 692 g/mol. The molecular weight excluding hydrogens is 658 g/mol. The molecule has 0 saturated carbocycles. The van der Waals surface area contributed by atoms with E-state index in [0.29, 0.717) is 24.2 Å². The molecule has 2 amide bonds. The van der Waals surface area contributed by atoms with Crippen molar-refractivity contribution < 1.29 is 18.4 Å². The van der Waals surface area contributed by atoms with E-state index in [9.17, 15) is 18.4 Å². The van der Waals surface area contributed by atoms with Crippen molar-refractivity contribution in [3.05, 3.63) is 144 Å². The lowest BCUT2D eigenvalue weighted by atomic mass is 10.00. The highest BCUT2D eigenvalue weighted by Gasteiger charge is 2.34. The Balaban J connectivity index is 0.923. The Bertz CT molecular complexity index is 2280. The number of aromatic amines is 2. The summed E-state index contributed by atoms with van der Waals surface area (Å²) in [5.74, 6) is 0.546. The van der Waals surface area contributed by atoms with Crippen molar-refractivity contribution >= 4 is 33.9 Å². The van der Waals surface area contributed by atoms with Gasteiger partial charge in [0.1, 0.15) is 23.3 Å². The molecule has 8 nitrogen and oxygen atoms in total. The number of imidazole rings is 2. The minimum absolute atomic E-state index is 0.119. The second kappa shape index (κ2) is 12.9. The van der Waals surface area contributed by atoms with Gasteiger partial charge in [-0.2, -0.15) is 0 Å². The second-order valence-electron chi connectivity index (χ2n) is 13.6. The van der Waals surface area contributed by atoms with Crippen molar-refractivity contribution in [1.29, 1.82) is 0 Å². The fraction of sp³-hybridized carbons (Fsp3) is 0.190. The van der Waals surface area contributed by atoms with Gasteiger partial charge in [-0.15, -0.1) is 0 Å². The van der Waals surface area contributed by atoms with Crippen LogP contribution in [0.4, 0.5) is 8.78 Å². The number of benzene rings is 5. The van der Waals surface area contributed by atoms with E-state index >= 15 is 0 Å². The van der Waals surface area contributed by atoms with Gasteiger partial charge in [-0.3, -0.25) is 9.59 Å². The summed E-state index contributed by atoms with van der Waals surface area (Å²) in [6.45, 7) is 1.26. The molecule has 2 atom stereocenters. The van der Waals surface area contributed by atoms with Gasteiger partial charge in [-0.25, -0.2) is 18.7 Å². The molecule has 2 fully saturated rings. The molecule has 258 valence electrons. The zero-order valence-corrected chi connectivity index (χ0v) is 28.2. The molecule has 2 aromatic heterocycles. The maximum Gasteiger partial charge on any atom is 0.254 e. The van der Waals surface area contributed by atoms with E-state index in [1.165, 1.54) is 48.5 Å². The number of rotatable bonds is 6. The molecule has 0 spiro atoms. The van der Waals surface area contributed by atoms with E-state index in [1.54, 1.807) is 0 Å². The summed E-state index contributed by atoms with van der Waals surface area (Å²) in [6.07, 6.45) is 3.37. The Labute approximate surface area is 298 Å². The third-order valence-corrected chi connectivity index (χ3v) is 10.4. The maximum atomic E-state index is 13.5. The van der Waals surface area contributed by atoms with Gasteiger partial charge in [-0.05, 0) is 121 Å². The van der Waals surface area contributed by atoms with Crippen LogP contribution in [0, 0.1) is 11.6 Å². The third-order valence-electron chi connectivity index (χ3n) is 10.4. The van der Waals surface area contributed by atoms with Gasteiger partial charge in [0.05, 0.1) is 34.2 Å². The third kappa shape index (κ3) is 5.79. The number of aromatic nitrogens is 4. The number of halogens is 2. The standard InChI is InChI=1S/C42H34F2N6O2/c43-31-15-9-27(10-16-31)41(51)49-21-1-3-37(49)39-45-33-19-13-29(23-35(33)47-39)25-5-7-26(8-6-25)30-14-20-34-36(24-30)48-40(46-34)38-4-2-22-50(38)42(52)28-11-17-32(44)18-12-28/h5-20,23-24,37-38H,1-4,21-22H2,(H,45,47)(H,46,48)/t37-,38-/m0/s1. The average molecular weight is 693 g/mol. The Morgan fingerprint density at radius 2 is 0.923 bits per heavy atom. The first kappa shape index (κ1) is 31.8. The summed E-state index contributed by atoms with van der Waals surface area (Å²) in [7, 11) is 0. The number of amides is 2. The van der Waals surface area contributed by atoms with Crippen LogP contribution in [0.25, 0.3) is 44.3 Å². The van der Waals surface area contributed by atoms with Crippen LogP contribution in [0.15, 0.2) is 109 Å². The molecule has 5 aromatic carbocycles. The molecular formula is C42H34F2N6O2. The van der Waals surface area contributed by atoms with E-state index in [-0.39, 0.29) is 35.5 Å². The second-order valence-corrected chi connectivity index (χ2v) is 13.6. The SMILES string of the molecule is O=C(c1ccc(F)cc1)N1CCC[C@H]1c1nc2ccc(-c3ccc(-c4ccc5nc([C@@H]6CCCN6C(=O)c6ccc(F)cc6)[nH]c5c4)cc3)cc2[nH]1. The Morgan fingerprint density at radius 3 is 1.33 bits per heavy atom. The van der Waals surface area contributed by atoms with E-state index in [4.69, 9.17) is 9.97 Å². The van der Waals surface area contributed by atoms with Gasteiger partial charge in [0.25, 0.3) is 11.8 Å². The van der Waals surface area contributed by atoms with Crippen molar-refractivity contribution in [2.75, 3.05) is 13.1 Å². The van der Waals surface area contributed by atoms with Crippen molar-refractivity contribution in [1.82, 2.24) is 29.7 Å². The first-order valence-electron chi connectivity index (χ1n) is 17.6. The lowest BCUT2D eigenvalue weighted by Gasteiger charge is -2.23. The van der Waals surface area contributed by atoms with E-state index in [1.807, 2.05) is 21.9 Å². The molecule has 0 radical (unpaired) electrons. The molecule has 9 rings (SSSR count). The quantitative estimate of drug-likeness (QED) is 0.182. The summed E-state index contributed by atoms with van der Waals surface area (Å²) >= 11 is 0. The summed E-state index contributed by atoms with van der Waals surface area (Å²) in [5.41, 5.74) is 8.63. The highest BCUT2D eigenvalue weighted by atomic mass is 19.1. The minimum atomic E-state index is -0.365.